The molecule has 0 radical (unpaired) electrons. The van der Waals surface area contributed by atoms with Crippen molar-refractivity contribution in [2.24, 2.45) is 0 Å². The van der Waals surface area contributed by atoms with Crippen molar-refractivity contribution in [1.29, 1.82) is 0 Å². The number of sulfonamides is 1. The largest absolute Gasteiger partial charge is 0.275 e. The van der Waals surface area contributed by atoms with Crippen LogP contribution in [0, 0.1) is 10.1 Å². The fraction of sp³-hybridized carbons (Fsp3) is 0.143. The monoisotopic (exact) mass is 444 g/mol. The third-order valence-corrected chi connectivity index (χ3v) is 6.87. The van der Waals surface area contributed by atoms with Gasteiger partial charge in [-0.1, -0.05) is 58.5 Å². The molecule has 0 aliphatic carbocycles. The Morgan fingerprint density at radius 3 is 2.17 bits per heavy atom. The lowest BCUT2D eigenvalue weighted by atomic mass is 9.99. The summed E-state index contributed by atoms with van der Waals surface area (Å²) in [5.74, 6) is 0. The van der Waals surface area contributed by atoms with Gasteiger partial charge in [0.05, 0.1) is 15.9 Å². The Balaban J connectivity index is 1.72. The first-order valence-electron chi connectivity index (χ1n) is 9.12. The minimum atomic E-state index is -4.07. The second-order valence-electron chi connectivity index (χ2n) is 6.82. The minimum absolute atomic E-state index is 0.0780. The van der Waals surface area contributed by atoms with E-state index in [9.17, 15) is 18.5 Å². The molecule has 0 N–H and O–H groups in total. The van der Waals surface area contributed by atoms with Gasteiger partial charge < -0.3 is 0 Å². The van der Waals surface area contributed by atoms with Crippen LogP contribution in [0.2, 0.25) is 5.02 Å². The molecule has 0 amide bonds. The molecule has 0 spiro atoms. The lowest BCUT2D eigenvalue weighted by molar-refractivity contribution is -0.384. The van der Waals surface area contributed by atoms with Crippen molar-refractivity contribution in [1.82, 2.24) is 4.47 Å². The van der Waals surface area contributed by atoms with E-state index in [0.29, 0.717) is 11.4 Å². The highest BCUT2D eigenvalue weighted by Gasteiger charge is 2.43. The molecule has 1 fully saturated rings. The van der Waals surface area contributed by atoms with Crippen LogP contribution in [0.4, 0.5) is 5.69 Å². The number of nitrogens with zero attached hydrogens (tertiary/aromatic N) is 2. The van der Waals surface area contributed by atoms with Crippen LogP contribution in [-0.2, 0) is 14.9 Å². The van der Waals surface area contributed by atoms with E-state index in [0.717, 1.165) is 27.7 Å². The van der Waals surface area contributed by atoms with Crippen molar-refractivity contribution in [3.8, 4) is 0 Å². The average Bonchev–Trinajstić information content (AvgIpc) is 3.21. The Labute approximate surface area is 178 Å². The minimum Gasteiger partial charge on any atom is -0.275 e. The standard InChI is InChI=1S/C21H17ClN2O5S/c22-17-8-6-16(7-9-17)21-14-20(15-4-2-1-3-5-15)24(29-21)30(27,28)19-12-10-18(11-13-19)23(25)26/h1-13,20-21H,14H2/t20-,21+/m1/s1. The smallest absolute Gasteiger partial charge is 0.269 e. The van der Waals surface area contributed by atoms with Gasteiger partial charge in [0.1, 0.15) is 6.10 Å². The second kappa shape index (κ2) is 8.16. The van der Waals surface area contributed by atoms with Gasteiger partial charge in [0.15, 0.2) is 0 Å². The molecule has 1 aliphatic heterocycles. The third kappa shape index (κ3) is 3.95. The summed E-state index contributed by atoms with van der Waals surface area (Å²) in [5.41, 5.74) is 1.41. The van der Waals surface area contributed by atoms with E-state index in [1.54, 1.807) is 24.3 Å². The lowest BCUT2D eigenvalue weighted by Gasteiger charge is -2.22. The van der Waals surface area contributed by atoms with Gasteiger partial charge in [-0.25, -0.2) is 8.42 Å². The molecule has 0 saturated carbocycles. The number of benzene rings is 3. The molecule has 1 heterocycles. The Morgan fingerprint density at radius 2 is 1.57 bits per heavy atom. The van der Waals surface area contributed by atoms with Crippen LogP contribution in [0.15, 0.2) is 83.8 Å². The number of nitro benzene ring substituents is 1. The molecule has 154 valence electrons. The maximum absolute atomic E-state index is 13.3. The number of halogens is 1. The quantitative estimate of drug-likeness (QED) is 0.405. The average molecular weight is 445 g/mol. The zero-order valence-electron chi connectivity index (χ0n) is 15.6. The first-order valence-corrected chi connectivity index (χ1v) is 10.9. The van der Waals surface area contributed by atoms with Gasteiger partial charge in [0.25, 0.3) is 15.7 Å². The van der Waals surface area contributed by atoms with Gasteiger partial charge in [-0.3, -0.25) is 15.0 Å². The van der Waals surface area contributed by atoms with Gasteiger partial charge in [0, 0.05) is 23.6 Å². The topological polar surface area (TPSA) is 89.8 Å². The van der Waals surface area contributed by atoms with Crippen LogP contribution in [0.1, 0.15) is 29.7 Å². The molecule has 4 rings (SSSR count). The molecule has 3 aromatic carbocycles. The number of nitro groups is 1. The van der Waals surface area contributed by atoms with Crippen molar-refractivity contribution < 1.29 is 18.2 Å². The molecule has 2 atom stereocenters. The summed E-state index contributed by atoms with van der Waals surface area (Å²) in [7, 11) is -4.07. The molecule has 0 aromatic heterocycles. The van der Waals surface area contributed by atoms with E-state index < -0.39 is 27.1 Å². The van der Waals surface area contributed by atoms with Crippen LogP contribution < -0.4 is 0 Å². The van der Waals surface area contributed by atoms with Gasteiger partial charge in [-0.2, -0.15) is 0 Å². The van der Waals surface area contributed by atoms with Crippen molar-refractivity contribution in [3.63, 3.8) is 0 Å². The predicted molar refractivity (Wildman–Crippen MR) is 111 cm³/mol. The summed E-state index contributed by atoms with van der Waals surface area (Å²) in [6, 6.07) is 20.5. The highest BCUT2D eigenvalue weighted by molar-refractivity contribution is 7.89. The highest BCUT2D eigenvalue weighted by Crippen LogP contribution is 2.44. The summed E-state index contributed by atoms with van der Waals surface area (Å²) in [6.07, 6.45) is -0.0713. The van der Waals surface area contributed by atoms with E-state index in [1.165, 1.54) is 12.1 Å². The van der Waals surface area contributed by atoms with Gasteiger partial charge in [-0.15, -0.1) is 0 Å². The van der Waals surface area contributed by atoms with Crippen LogP contribution in [0.25, 0.3) is 0 Å². The third-order valence-electron chi connectivity index (χ3n) is 4.93. The predicted octanol–water partition coefficient (Wildman–Crippen LogP) is 5.06. The Hall–Kier alpha value is -2.78. The molecule has 7 nitrogen and oxygen atoms in total. The van der Waals surface area contributed by atoms with E-state index in [1.807, 2.05) is 30.3 Å². The number of rotatable bonds is 5. The van der Waals surface area contributed by atoms with E-state index in [-0.39, 0.29) is 10.6 Å². The van der Waals surface area contributed by atoms with Crippen molar-refractivity contribution in [2.75, 3.05) is 0 Å². The molecule has 0 bridgehead atoms. The Kier molecular flexibility index (Phi) is 5.57. The second-order valence-corrected chi connectivity index (χ2v) is 9.04. The summed E-state index contributed by atoms with van der Waals surface area (Å²) in [5, 5.41) is 11.5. The molecular formula is C21H17ClN2O5S. The molecule has 0 unspecified atom stereocenters. The normalized spacial score (nSPS) is 19.6. The fourth-order valence-corrected chi connectivity index (χ4v) is 4.98. The summed E-state index contributed by atoms with van der Waals surface area (Å²) in [6.45, 7) is 0. The van der Waals surface area contributed by atoms with Crippen molar-refractivity contribution in [2.45, 2.75) is 23.5 Å². The van der Waals surface area contributed by atoms with Gasteiger partial charge in [-0.05, 0) is 35.4 Å². The lowest BCUT2D eigenvalue weighted by Crippen LogP contribution is -2.29. The summed E-state index contributed by atoms with van der Waals surface area (Å²) < 4.78 is 27.7. The SMILES string of the molecule is O=[N+]([O-])c1ccc(S(=O)(=O)N2O[C@H](c3ccc(Cl)cc3)C[C@@H]2c2ccccc2)cc1. The molecule has 9 heteroatoms. The number of non-ortho nitro benzene ring substituents is 1. The molecule has 3 aromatic rings. The zero-order chi connectivity index (χ0) is 21.3. The maximum Gasteiger partial charge on any atom is 0.269 e. The zero-order valence-corrected chi connectivity index (χ0v) is 17.2. The Bertz CT molecular complexity index is 1150. The van der Waals surface area contributed by atoms with Gasteiger partial charge >= 0.3 is 0 Å². The van der Waals surface area contributed by atoms with E-state index in [4.69, 9.17) is 16.4 Å². The number of hydrogen-bond donors (Lipinski definition) is 0. The van der Waals surface area contributed by atoms with Crippen LogP contribution in [-0.4, -0.2) is 17.8 Å². The highest BCUT2D eigenvalue weighted by atomic mass is 35.5. The number of hydroxylamine groups is 1. The van der Waals surface area contributed by atoms with Crippen molar-refractivity contribution >= 4 is 27.3 Å². The molecule has 1 aliphatic rings. The van der Waals surface area contributed by atoms with E-state index >= 15 is 0 Å². The number of hydrogen-bond acceptors (Lipinski definition) is 5. The molecule has 30 heavy (non-hydrogen) atoms. The Morgan fingerprint density at radius 1 is 0.933 bits per heavy atom. The first-order chi connectivity index (χ1) is 14.4. The van der Waals surface area contributed by atoms with Crippen LogP contribution in [0.3, 0.4) is 0 Å². The van der Waals surface area contributed by atoms with Crippen LogP contribution in [0.5, 0.6) is 0 Å². The van der Waals surface area contributed by atoms with Crippen LogP contribution >= 0.6 is 11.6 Å². The molecule has 1 saturated heterocycles. The maximum atomic E-state index is 13.3. The van der Waals surface area contributed by atoms with E-state index in [2.05, 4.69) is 0 Å². The van der Waals surface area contributed by atoms with Gasteiger partial charge in [0.2, 0.25) is 0 Å². The van der Waals surface area contributed by atoms with Crippen molar-refractivity contribution in [3.05, 3.63) is 105 Å². The summed E-state index contributed by atoms with van der Waals surface area (Å²) >= 11 is 5.96. The fourth-order valence-electron chi connectivity index (χ4n) is 3.41. The summed E-state index contributed by atoms with van der Waals surface area (Å²) in [4.78, 5) is 16.2. The molecular weight excluding hydrogens is 428 g/mol. The first kappa shape index (κ1) is 20.5.